The molecule has 0 bridgehead atoms. The van der Waals surface area contributed by atoms with Gasteiger partial charge in [0.25, 0.3) is 5.78 Å². The van der Waals surface area contributed by atoms with Crippen LogP contribution in [0.25, 0.3) is 16.7 Å². The van der Waals surface area contributed by atoms with Crippen molar-refractivity contribution in [2.75, 3.05) is 0 Å². The lowest BCUT2D eigenvalue weighted by atomic mass is 10.2. The number of carbonyl (C=O) groups is 1. The molecule has 7 heteroatoms. The molecule has 6 nitrogen and oxygen atoms in total. The molecule has 3 aromatic carbocycles. The molecular formula is C24H16N4O2S. The molecule has 0 aliphatic carbocycles. The van der Waals surface area contributed by atoms with Gasteiger partial charge in [-0.2, -0.15) is 10.2 Å². The molecule has 150 valence electrons. The molecule has 0 saturated heterocycles. The highest BCUT2D eigenvalue weighted by Crippen LogP contribution is 2.21. The van der Waals surface area contributed by atoms with Crippen LogP contribution in [-0.4, -0.2) is 21.8 Å². The van der Waals surface area contributed by atoms with E-state index in [-0.39, 0.29) is 16.6 Å². The Balaban J connectivity index is 1.56. The molecule has 0 spiro atoms. The maximum Gasteiger partial charge on any atom is 0.258 e. The average molecular weight is 424 g/mol. The summed E-state index contributed by atoms with van der Waals surface area (Å²) in [6.07, 6.45) is 1.66. The fourth-order valence-corrected chi connectivity index (χ4v) is 3.87. The van der Waals surface area contributed by atoms with Crippen LogP contribution in [0.4, 0.5) is 0 Å². The second-order valence-electron chi connectivity index (χ2n) is 6.67. The van der Waals surface area contributed by atoms with Gasteiger partial charge in [-0.25, -0.2) is 4.68 Å². The zero-order valence-electron chi connectivity index (χ0n) is 16.3. The predicted molar refractivity (Wildman–Crippen MR) is 121 cm³/mol. The highest BCUT2D eigenvalue weighted by molar-refractivity contribution is 7.11. The van der Waals surface area contributed by atoms with Crippen LogP contribution in [0, 0.1) is 0 Å². The van der Waals surface area contributed by atoms with E-state index < -0.39 is 0 Å². The number of benzene rings is 3. The largest absolute Gasteiger partial charge is 0.452 e. The van der Waals surface area contributed by atoms with E-state index in [0.29, 0.717) is 10.4 Å². The normalized spacial score (nSPS) is 12.1. The van der Waals surface area contributed by atoms with Crippen LogP contribution in [0.1, 0.15) is 21.1 Å². The second kappa shape index (κ2) is 8.33. The maximum atomic E-state index is 13.1. The van der Waals surface area contributed by atoms with Crippen LogP contribution in [0.2, 0.25) is 0 Å². The first kappa shape index (κ1) is 18.9. The van der Waals surface area contributed by atoms with Gasteiger partial charge in [0.05, 0.1) is 11.9 Å². The summed E-state index contributed by atoms with van der Waals surface area (Å²) in [6.45, 7) is 0. The molecule has 0 unspecified atom stereocenters. The first-order chi connectivity index (χ1) is 15.3. The molecule has 0 saturated carbocycles. The molecule has 0 aliphatic heterocycles. The van der Waals surface area contributed by atoms with Crippen LogP contribution >= 0.6 is 11.3 Å². The van der Waals surface area contributed by atoms with Gasteiger partial charge in [0.2, 0.25) is 4.80 Å². The number of para-hydroxylation sites is 2. The summed E-state index contributed by atoms with van der Waals surface area (Å²) in [6, 6.07) is 28.4. The lowest BCUT2D eigenvalue weighted by Crippen LogP contribution is -2.14. The van der Waals surface area contributed by atoms with E-state index >= 15 is 0 Å². The molecule has 0 amide bonds. The van der Waals surface area contributed by atoms with Gasteiger partial charge in [0.15, 0.2) is 10.8 Å². The molecule has 0 radical (unpaired) electrons. The van der Waals surface area contributed by atoms with E-state index in [4.69, 9.17) is 4.42 Å². The Morgan fingerprint density at radius 3 is 2.42 bits per heavy atom. The summed E-state index contributed by atoms with van der Waals surface area (Å²) in [4.78, 5) is 13.6. The summed E-state index contributed by atoms with van der Waals surface area (Å²) in [5, 5.41) is 14.2. The molecule has 31 heavy (non-hydrogen) atoms. The van der Waals surface area contributed by atoms with Gasteiger partial charge < -0.3 is 4.42 Å². The number of nitrogens with zero attached hydrogens (tertiary/aromatic N) is 4. The number of carbonyl (C=O) groups excluding carboxylic acids is 1. The minimum atomic E-state index is -0.292. The first-order valence-corrected chi connectivity index (χ1v) is 10.4. The zero-order valence-corrected chi connectivity index (χ0v) is 17.1. The third-order valence-electron chi connectivity index (χ3n) is 4.55. The lowest BCUT2D eigenvalue weighted by Gasteiger charge is -1.99. The van der Waals surface area contributed by atoms with Crippen molar-refractivity contribution in [1.29, 1.82) is 0 Å². The number of hydrogen-bond donors (Lipinski definition) is 0. The average Bonchev–Trinajstić information content (AvgIpc) is 3.44. The Kier molecular flexibility index (Phi) is 5.08. The monoisotopic (exact) mass is 424 g/mol. The fraction of sp³-hybridized carbons (Fsp3) is 0. The number of rotatable bonds is 5. The molecule has 0 atom stereocenters. The zero-order chi connectivity index (χ0) is 21.0. The molecule has 2 heterocycles. The smallest absolute Gasteiger partial charge is 0.258 e. The van der Waals surface area contributed by atoms with E-state index in [1.54, 1.807) is 17.0 Å². The van der Waals surface area contributed by atoms with Gasteiger partial charge in [0.1, 0.15) is 5.58 Å². The van der Waals surface area contributed by atoms with Crippen molar-refractivity contribution in [1.82, 2.24) is 9.78 Å². The van der Waals surface area contributed by atoms with Gasteiger partial charge in [-0.3, -0.25) is 4.79 Å². The predicted octanol–water partition coefficient (Wildman–Crippen LogP) is 4.85. The van der Waals surface area contributed by atoms with Gasteiger partial charge >= 0.3 is 0 Å². The van der Waals surface area contributed by atoms with Crippen molar-refractivity contribution >= 4 is 34.3 Å². The molecular weight excluding hydrogens is 408 g/mol. The Morgan fingerprint density at radius 1 is 0.935 bits per heavy atom. The van der Waals surface area contributed by atoms with Crippen LogP contribution in [0.15, 0.2) is 106 Å². The third-order valence-corrected chi connectivity index (χ3v) is 5.45. The molecule has 0 N–H and O–H groups in total. The minimum absolute atomic E-state index is 0.245. The Labute approximate surface area is 181 Å². The molecule has 2 aromatic heterocycles. The summed E-state index contributed by atoms with van der Waals surface area (Å²) in [5.74, 6) is -0.0473. The number of aromatic nitrogens is 2. The van der Waals surface area contributed by atoms with E-state index in [2.05, 4.69) is 15.3 Å². The van der Waals surface area contributed by atoms with E-state index in [1.807, 2.05) is 84.9 Å². The second-order valence-corrected chi connectivity index (χ2v) is 7.63. The van der Waals surface area contributed by atoms with Crippen molar-refractivity contribution in [3.63, 3.8) is 0 Å². The molecule has 5 aromatic rings. The van der Waals surface area contributed by atoms with Crippen molar-refractivity contribution in [3.8, 4) is 5.69 Å². The van der Waals surface area contributed by atoms with E-state index in [1.165, 1.54) is 0 Å². The standard InChI is InChI=1S/C24H16N4O2S/c29-22(21-15-18-11-7-8-14-20(18)30-21)23-27-28(19-12-5-2-6-13-19)24(31-23)26-25-16-17-9-3-1-4-10-17/h1-16H/b25-16+,26-24+. The Morgan fingerprint density at radius 2 is 1.65 bits per heavy atom. The van der Waals surface area contributed by atoms with Crippen molar-refractivity contribution in [2.24, 2.45) is 10.2 Å². The minimum Gasteiger partial charge on any atom is -0.452 e. The van der Waals surface area contributed by atoms with Crippen molar-refractivity contribution < 1.29 is 9.21 Å². The fourth-order valence-electron chi connectivity index (χ4n) is 3.06. The van der Waals surface area contributed by atoms with Crippen LogP contribution < -0.4 is 4.80 Å². The molecule has 0 fully saturated rings. The van der Waals surface area contributed by atoms with Gasteiger partial charge in [-0.05, 0) is 29.8 Å². The van der Waals surface area contributed by atoms with Gasteiger partial charge in [0, 0.05) is 5.39 Å². The van der Waals surface area contributed by atoms with Crippen molar-refractivity contribution in [2.45, 2.75) is 0 Å². The van der Waals surface area contributed by atoms with Crippen LogP contribution in [-0.2, 0) is 0 Å². The SMILES string of the molecule is O=C(c1cc2ccccc2o1)c1nn(-c2ccccc2)/c(=N\N=C\c2ccccc2)s1. The Hall–Kier alpha value is -4.10. The number of hydrogen-bond acceptors (Lipinski definition) is 6. The Bertz CT molecular complexity index is 1410. The number of ketones is 1. The molecule has 5 rings (SSSR count). The van der Waals surface area contributed by atoms with Gasteiger partial charge in [-0.15, -0.1) is 5.10 Å². The quantitative estimate of drug-likeness (QED) is 0.230. The van der Waals surface area contributed by atoms with E-state index in [9.17, 15) is 4.79 Å². The summed E-state index contributed by atoms with van der Waals surface area (Å²) in [5.41, 5.74) is 2.38. The van der Waals surface area contributed by atoms with Gasteiger partial charge in [-0.1, -0.05) is 78.1 Å². The summed E-state index contributed by atoms with van der Waals surface area (Å²) < 4.78 is 7.34. The number of furan rings is 1. The highest BCUT2D eigenvalue weighted by atomic mass is 32.1. The first-order valence-electron chi connectivity index (χ1n) is 9.59. The molecule has 0 aliphatic rings. The van der Waals surface area contributed by atoms with Crippen LogP contribution in [0.5, 0.6) is 0 Å². The maximum absolute atomic E-state index is 13.1. The lowest BCUT2D eigenvalue weighted by molar-refractivity contribution is 0.101. The number of fused-ring (bicyclic) bond motifs is 1. The van der Waals surface area contributed by atoms with Crippen molar-refractivity contribution in [3.05, 3.63) is 112 Å². The highest BCUT2D eigenvalue weighted by Gasteiger charge is 2.20. The van der Waals surface area contributed by atoms with E-state index in [0.717, 1.165) is 28.0 Å². The third kappa shape index (κ3) is 3.99. The summed E-state index contributed by atoms with van der Waals surface area (Å²) >= 11 is 1.16. The topological polar surface area (TPSA) is 72.8 Å². The van der Waals surface area contributed by atoms with Crippen LogP contribution in [0.3, 0.4) is 0 Å². The summed E-state index contributed by atoms with van der Waals surface area (Å²) in [7, 11) is 0.